The van der Waals surface area contributed by atoms with Gasteiger partial charge < -0.3 is 33.4 Å². The van der Waals surface area contributed by atoms with Crippen LogP contribution in [0, 0.1) is 0 Å². The van der Waals surface area contributed by atoms with Gasteiger partial charge in [-0.15, -0.1) is 0 Å². The smallest absolute Gasteiger partial charge is 0.186 e. The summed E-state index contributed by atoms with van der Waals surface area (Å²) in [6.45, 7) is 0.844. The number of carbonyl (C=O) groups is 1. The van der Waals surface area contributed by atoms with Crippen LogP contribution in [-0.2, 0) is 6.42 Å². The molecule has 32 heavy (non-hydrogen) atoms. The molecule has 1 heterocycles. The molecule has 1 aromatic heterocycles. The highest BCUT2D eigenvalue weighted by atomic mass is 35.5. The molecule has 0 fully saturated rings. The second-order valence-electron chi connectivity index (χ2n) is 7.42. The Labute approximate surface area is 192 Å². The summed E-state index contributed by atoms with van der Waals surface area (Å²) in [4.78, 5) is 24.0. The van der Waals surface area contributed by atoms with Crippen LogP contribution in [0.1, 0.15) is 48.2 Å². The van der Waals surface area contributed by atoms with Gasteiger partial charge in [-0.1, -0.05) is 36.6 Å². The van der Waals surface area contributed by atoms with Crippen molar-refractivity contribution in [3.8, 4) is 5.75 Å². The number of unbranched alkanes of at least 4 members (excludes halogenated alkanes) is 2. The molecule has 174 valence electrons. The second-order valence-corrected chi connectivity index (χ2v) is 7.78. The zero-order valence-corrected chi connectivity index (χ0v) is 18.7. The number of ketones is 1. The van der Waals surface area contributed by atoms with Crippen molar-refractivity contribution >= 4 is 35.0 Å². The van der Waals surface area contributed by atoms with Crippen LogP contribution >= 0.6 is 11.6 Å². The van der Waals surface area contributed by atoms with Crippen molar-refractivity contribution in [3.05, 3.63) is 40.7 Å². The van der Waals surface area contributed by atoms with Crippen LogP contribution in [0.25, 0.3) is 0 Å². The molecule has 0 aliphatic heterocycles. The fourth-order valence-electron chi connectivity index (χ4n) is 3.09. The average Bonchev–Trinajstić information content (AvgIpc) is 2.74. The SMILES string of the molecule is NC(N)=NCCOc1ccc(CCCCCC(N)CC(=O)c2nc(Cl)c(N)nc2N)cc1. The predicted octanol–water partition coefficient (Wildman–Crippen LogP) is 1.65. The van der Waals surface area contributed by atoms with Gasteiger partial charge in [0.1, 0.15) is 18.1 Å². The van der Waals surface area contributed by atoms with Crippen molar-refractivity contribution in [3.63, 3.8) is 0 Å². The van der Waals surface area contributed by atoms with E-state index in [-0.39, 0.29) is 46.7 Å². The van der Waals surface area contributed by atoms with Gasteiger partial charge >= 0.3 is 0 Å². The van der Waals surface area contributed by atoms with Gasteiger partial charge in [-0.2, -0.15) is 0 Å². The first kappa shape index (κ1) is 25.2. The Morgan fingerprint density at radius 2 is 1.78 bits per heavy atom. The van der Waals surface area contributed by atoms with E-state index in [0.29, 0.717) is 13.2 Å². The molecule has 2 aromatic rings. The third kappa shape index (κ3) is 8.56. The Kier molecular flexibility index (Phi) is 9.96. The number of rotatable bonds is 13. The van der Waals surface area contributed by atoms with Gasteiger partial charge in [0.25, 0.3) is 0 Å². The second kappa shape index (κ2) is 12.7. The molecule has 0 spiro atoms. The number of ether oxygens (including phenoxy) is 1. The van der Waals surface area contributed by atoms with E-state index in [9.17, 15) is 4.79 Å². The van der Waals surface area contributed by atoms with E-state index in [4.69, 9.17) is 45.0 Å². The van der Waals surface area contributed by atoms with Gasteiger partial charge in [0.2, 0.25) is 0 Å². The first-order chi connectivity index (χ1) is 15.3. The van der Waals surface area contributed by atoms with E-state index in [1.165, 1.54) is 5.56 Å². The summed E-state index contributed by atoms with van der Waals surface area (Å²) in [6, 6.07) is 7.68. The number of Topliss-reactive ketones (excluding diaryl/α,β-unsaturated/α-hetero) is 1. The number of hydrogen-bond acceptors (Lipinski definition) is 8. The van der Waals surface area contributed by atoms with Crippen LogP contribution in [0.2, 0.25) is 5.15 Å². The highest BCUT2D eigenvalue weighted by molar-refractivity contribution is 6.31. The Morgan fingerprint density at radius 1 is 1.06 bits per heavy atom. The van der Waals surface area contributed by atoms with Gasteiger partial charge in [-0.05, 0) is 37.0 Å². The van der Waals surface area contributed by atoms with Crippen molar-refractivity contribution in [1.29, 1.82) is 0 Å². The molecule has 0 saturated carbocycles. The lowest BCUT2D eigenvalue weighted by Gasteiger charge is -2.11. The molecule has 0 aliphatic rings. The van der Waals surface area contributed by atoms with Gasteiger partial charge in [0.05, 0.1) is 6.54 Å². The molecule has 0 aliphatic carbocycles. The number of nitrogens with zero attached hydrogens (tertiary/aromatic N) is 3. The number of benzene rings is 1. The first-order valence-corrected chi connectivity index (χ1v) is 10.8. The Morgan fingerprint density at radius 3 is 2.47 bits per heavy atom. The number of anilines is 2. The number of aliphatic imine (C=N–C) groups is 1. The normalized spacial score (nSPS) is 11.7. The maximum Gasteiger partial charge on any atom is 0.186 e. The number of aryl methyl sites for hydroxylation is 1. The van der Waals surface area contributed by atoms with E-state index in [1.807, 2.05) is 24.3 Å². The van der Waals surface area contributed by atoms with Crippen molar-refractivity contribution < 1.29 is 9.53 Å². The Bertz CT molecular complexity index is 917. The fraction of sp³-hybridized carbons (Fsp3) is 0.429. The van der Waals surface area contributed by atoms with Crippen LogP contribution in [0.5, 0.6) is 5.75 Å². The van der Waals surface area contributed by atoms with E-state index >= 15 is 0 Å². The lowest BCUT2D eigenvalue weighted by molar-refractivity contribution is 0.0968. The van der Waals surface area contributed by atoms with E-state index in [0.717, 1.165) is 37.9 Å². The molecule has 10 N–H and O–H groups in total. The van der Waals surface area contributed by atoms with Gasteiger partial charge in [0, 0.05) is 12.5 Å². The summed E-state index contributed by atoms with van der Waals surface area (Å²) in [5.74, 6) is 0.513. The lowest BCUT2D eigenvalue weighted by atomic mass is 10.0. The standard InChI is InChI=1S/C21H31ClN8O2/c22-18-20(25)30-19(24)17(29-18)16(31)12-14(23)5-3-1-2-4-13-6-8-15(9-7-13)32-11-10-28-21(26)27/h6-9,14H,1-5,10-12,23H2,(H4,24,25,30)(H4,26,27,28). The van der Waals surface area contributed by atoms with Crippen molar-refractivity contribution in [2.45, 2.75) is 44.6 Å². The molecule has 11 heteroatoms. The minimum absolute atomic E-state index is 0.00460. The van der Waals surface area contributed by atoms with Crippen LogP contribution in [0.3, 0.4) is 0 Å². The number of nitrogen functional groups attached to an aromatic ring is 2. The van der Waals surface area contributed by atoms with Crippen molar-refractivity contribution in [2.24, 2.45) is 22.2 Å². The number of carbonyl (C=O) groups excluding carboxylic acids is 1. The molecule has 0 radical (unpaired) electrons. The van der Waals surface area contributed by atoms with Gasteiger partial charge in [0.15, 0.2) is 28.5 Å². The molecular formula is C21H31ClN8O2. The number of hydrogen-bond donors (Lipinski definition) is 5. The number of halogens is 1. The molecule has 0 bridgehead atoms. The molecule has 10 nitrogen and oxygen atoms in total. The molecule has 1 atom stereocenters. The zero-order chi connectivity index (χ0) is 23.5. The van der Waals surface area contributed by atoms with Crippen LogP contribution in [0.4, 0.5) is 11.6 Å². The maximum atomic E-state index is 12.4. The number of aromatic nitrogens is 2. The third-order valence-electron chi connectivity index (χ3n) is 4.73. The average molecular weight is 463 g/mol. The van der Waals surface area contributed by atoms with Gasteiger partial charge in [-0.3, -0.25) is 9.79 Å². The highest BCUT2D eigenvalue weighted by Crippen LogP contribution is 2.20. The van der Waals surface area contributed by atoms with E-state index < -0.39 is 0 Å². The van der Waals surface area contributed by atoms with E-state index in [1.54, 1.807) is 0 Å². The Hall–Kier alpha value is -3.11. The van der Waals surface area contributed by atoms with Crippen molar-refractivity contribution in [2.75, 3.05) is 24.6 Å². The minimum Gasteiger partial charge on any atom is -0.492 e. The quantitative estimate of drug-likeness (QED) is 0.127. The molecule has 1 unspecified atom stereocenters. The summed E-state index contributed by atoms with van der Waals surface area (Å²) >= 11 is 5.83. The highest BCUT2D eigenvalue weighted by Gasteiger charge is 2.18. The van der Waals surface area contributed by atoms with Crippen molar-refractivity contribution in [1.82, 2.24) is 9.97 Å². The maximum absolute atomic E-state index is 12.4. The number of nitrogens with two attached hydrogens (primary N) is 5. The molecule has 0 amide bonds. The summed E-state index contributed by atoms with van der Waals surface area (Å²) < 4.78 is 5.57. The van der Waals surface area contributed by atoms with Gasteiger partial charge in [-0.25, -0.2) is 9.97 Å². The summed E-state index contributed by atoms with van der Waals surface area (Å²) in [7, 11) is 0. The van der Waals surface area contributed by atoms with Crippen LogP contribution < -0.4 is 33.4 Å². The molecular weight excluding hydrogens is 432 g/mol. The third-order valence-corrected chi connectivity index (χ3v) is 5.01. The van der Waals surface area contributed by atoms with Crippen LogP contribution in [0.15, 0.2) is 29.3 Å². The monoisotopic (exact) mass is 462 g/mol. The van der Waals surface area contributed by atoms with Crippen LogP contribution in [-0.4, -0.2) is 40.9 Å². The lowest BCUT2D eigenvalue weighted by Crippen LogP contribution is -2.25. The predicted molar refractivity (Wildman–Crippen MR) is 128 cm³/mol. The fourth-order valence-corrected chi connectivity index (χ4v) is 3.21. The summed E-state index contributed by atoms with van der Waals surface area (Å²) in [5.41, 5.74) is 29.1. The topological polar surface area (TPSA) is 195 Å². The summed E-state index contributed by atoms with van der Waals surface area (Å²) in [6.07, 6.45) is 4.77. The zero-order valence-electron chi connectivity index (χ0n) is 18.0. The Balaban J connectivity index is 1.64. The van der Waals surface area contributed by atoms with E-state index in [2.05, 4.69) is 15.0 Å². The largest absolute Gasteiger partial charge is 0.492 e. The number of guanidine groups is 1. The minimum atomic E-state index is -0.287. The summed E-state index contributed by atoms with van der Waals surface area (Å²) in [5, 5.41) is -0.0401. The molecule has 2 rings (SSSR count). The molecule has 0 saturated heterocycles. The first-order valence-electron chi connectivity index (χ1n) is 10.4. The molecule has 1 aromatic carbocycles.